The van der Waals surface area contributed by atoms with E-state index < -0.39 is 5.97 Å². The molecular weight excluding hydrogens is 476 g/mol. The lowest BCUT2D eigenvalue weighted by atomic mass is 10.0. The molecular formula is C33H52O5. The molecule has 1 aromatic rings. The maximum atomic E-state index is 11.1. The second-order valence-electron chi connectivity index (χ2n) is 7.62. The van der Waals surface area contributed by atoms with Gasteiger partial charge < -0.3 is 14.9 Å². The molecule has 0 amide bonds. The van der Waals surface area contributed by atoms with Crippen molar-refractivity contribution in [2.24, 2.45) is 0 Å². The van der Waals surface area contributed by atoms with Crippen LogP contribution in [0.3, 0.4) is 0 Å². The number of phenolic OH excluding ortho intramolecular Hbond substituents is 1. The van der Waals surface area contributed by atoms with E-state index in [9.17, 15) is 14.7 Å². The molecule has 1 aromatic carbocycles. The van der Waals surface area contributed by atoms with E-state index in [2.05, 4.69) is 31.9 Å². The van der Waals surface area contributed by atoms with E-state index in [1.54, 1.807) is 38.1 Å². The number of hydrogen-bond acceptors (Lipinski definition) is 4. The molecule has 0 atom stereocenters. The Morgan fingerprint density at radius 2 is 1.47 bits per heavy atom. The topological polar surface area (TPSA) is 83.8 Å². The first-order valence-corrected chi connectivity index (χ1v) is 12.9. The van der Waals surface area contributed by atoms with Crippen LogP contribution in [0.4, 0.5) is 0 Å². The number of carboxylic acids is 1. The first-order chi connectivity index (χ1) is 17.9. The Hall–Kier alpha value is -3.60. The van der Waals surface area contributed by atoms with Crippen molar-refractivity contribution >= 4 is 11.8 Å². The molecule has 0 heterocycles. The van der Waals surface area contributed by atoms with Crippen molar-refractivity contribution in [3.05, 3.63) is 95.7 Å². The van der Waals surface area contributed by atoms with Crippen LogP contribution >= 0.6 is 0 Å². The molecule has 5 heteroatoms. The molecule has 0 saturated heterocycles. The van der Waals surface area contributed by atoms with Gasteiger partial charge in [0, 0.05) is 11.1 Å². The average Bonchev–Trinajstić information content (AvgIpc) is 2.89. The van der Waals surface area contributed by atoms with E-state index in [1.165, 1.54) is 18.1 Å². The Bertz CT molecular complexity index is 956. The zero-order valence-corrected chi connectivity index (χ0v) is 25.7. The summed E-state index contributed by atoms with van der Waals surface area (Å²) in [5.74, 6) is -0.400. The minimum Gasteiger partial charge on any atom is -0.507 e. The second kappa shape index (κ2) is 26.5. The summed E-state index contributed by atoms with van der Waals surface area (Å²) in [7, 11) is 0. The highest BCUT2D eigenvalue weighted by Gasteiger charge is 2.12. The molecule has 38 heavy (non-hydrogen) atoms. The minimum atomic E-state index is -0.893. The number of carbonyl (C=O) groups is 2. The summed E-state index contributed by atoms with van der Waals surface area (Å²) in [4.78, 5) is 21.9. The molecule has 0 bridgehead atoms. The van der Waals surface area contributed by atoms with Gasteiger partial charge in [-0.1, -0.05) is 69.7 Å². The normalized spacial score (nSPS) is 10.3. The fourth-order valence-electron chi connectivity index (χ4n) is 2.62. The van der Waals surface area contributed by atoms with Gasteiger partial charge in [0.1, 0.15) is 11.5 Å². The number of allylic oxidation sites excluding steroid dienone is 8. The molecule has 0 unspecified atom stereocenters. The van der Waals surface area contributed by atoms with E-state index in [-0.39, 0.29) is 11.5 Å². The van der Waals surface area contributed by atoms with Crippen molar-refractivity contribution in [2.75, 3.05) is 6.61 Å². The predicted molar refractivity (Wildman–Crippen MR) is 165 cm³/mol. The lowest BCUT2D eigenvalue weighted by Gasteiger charge is -2.10. The molecule has 0 aromatic heterocycles. The van der Waals surface area contributed by atoms with Gasteiger partial charge in [-0.2, -0.15) is 0 Å². The molecule has 1 rings (SSSR count). The maximum Gasteiger partial charge on any atom is 0.331 e. The number of phenols is 1. The van der Waals surface area contributed by atoms with Crippen LogP contribution in [0.25, 0.3) is 0 Å². The number of carbonyl (C=O) groups excluding carboxylic acids is 1. The number of ketones is 1. The fourth-order valence-corrected chi connectivity index (χ4v) is 2.62. The first-order valence-electron chi connectivity index (χ1n) is 12.9. The molecule has 2 N–H and O–H groups in total. The van der Waals surface area contributed by atoms with Gasteiger partial charge in [0.05, 0.1) is 12.2 Å². The van der Waals surface area contributed by atoms with Gasteiger partial charge in [-0.25, -0.2) is 4.79 Å². The first kappa shape index (κ1) is 41.5. The largest absolute Gasteiger partial charge is 0.507 e. The Kier molecular flexibility index (Phi) is 28.9. The highest BCUT2D eigenvalue weighted by atomic mass is 16.5. The summed E-state index contributed by atoms with van der Waals surface area (Å²) in [6.45, 7) is 30.9. The van der Waals surface area contributed by atoms with Crippen LogP contribution in [0.1, 0.15) is 91.6 Å². The number of carboxylic acid groups (broad SMARTS) is 1. The molecule has 0 radical (unpaired) electrons. The van der Waals surface area contributed by atoms with Crippen molar-refractivity contribution < 1.29 is 24.5 Å². The van der Waals surface area contributed by atoms with E-state index in [0.29, 0.717) is 29.1 Å². The number of aliphatic carboxylic acids is 1. The van der Waals surface area contributed by atoms with Crippen LogP contribution in [0.5, 0.6) is 11.5 Å². The van der Waals surface area contributed by atoms with Gasteiger partial charge >= 0.3 is 5.97 Å². The molecule has 0 saturated carbocycles. The molecule has 214 valence electrons. The smallest absolute Gasteiger partial charge is 0.331 e. The molecule has 0 aliphatic heterocycles. The predicted octanol–water partition coefficient (Wildman–Crippen LogP) is 9.59. The third kappa shape index (κ3) is 19.6. The van der Waals surface area contributed by atoms with Gasteiger partial charge in [-0.3, -0.25) is 4.79 Å². The monoisotopic (exact) mass is 528 g/mol. The Morgan fingerprint density at radius 1 is 0.947 bits per heavy atom. The van der Waals surface area contributed by atoms with Crippen LogP contribution in [0.15, 0.2) is 84.5 Å². The number of hydrogen-bond donors (Lipinski definition) is 2. The third-order valence-corrected chi connectivity index (χ3v) is 4.32. The zero-order chi connectivity index (χ0) is 30.8. The van der Waals surface area contributed by atoms with E-state index >= 15 is 0 Å². The van der Waals surface area contributed by atoms with Crippen LogP contribution < -0.4 is 4.74 Å². The SMILES string of the molecule is C=C.C=C/C=C(\C=C(/C)C(=O)O)C/C(C)=C/C=C(C)C.CC.CC.CCOc1ccc(C(C)=O)c(O)c1C. The van der Waals surface area contributed by atoms with E-state index in [0.717, 1.165) is 12.0 Å². The average molecular weight is 529 g/mol. The van der Waals surface area contributed by atoms with Crippen LogP contribution in [0.2, 0.25) is 0 Å². The van der Waals surface area contributed by atoms with Crippen LogP contribution in [0, 0.1) is 6.92 Å². The van der Waals surface area contributed by atoms with Crippen molar-refractivity contribution in [1.29, 1.82) is 0 Å². The molecule has 0 aliphatic rings. The Morgan fingerprint density at radius 3 is 1.87 bits per heavy atom. The lowest BCUT2D eigenvalue weighted by Crippen LogP contribution is -1.98. The highest BCUT2D eigenvalue weighted by Crippen LogP contribution is 2.30. The van der Waals surface area contributed by atoms with Gasteiger partial charge in [0.25, 0.3) is 0 Å². The third-order valence-electron chi connectivity index (χ3n) is 4.32. The van der Waals surface area contributed by atoms with Crippen LogP contribution in [-0.2, 0) is 4.79 Å². The van der Waals surface area contributed by atoms with Gasteiger partial charge in [-0.15, -0.1) is 13.2 Å². The van der Waals surface area contributed by atoms with Gasteiger partial charge in [0.15, 0.2) is 5.78 Å². The Balaban J connectivity index is -0.000000258. The summed E-state index contributed by atoms with van der Waals surface area (Å²) in [5, 5.41) is 18.5. The quantitative estimate of drug-likeness (QED) is 0.144. The van der Waals surface area contributed by atoms with E-state index in [4.69, 9.17) is 9.84 Å². The molecule has 0 aliphatic carbocycles. The number of benzene rings is 1. The molecule has 0 spiro atoms. The summed E-state index contributed by atoms with van der Waals surface area (Å²) < 4.78 is 5.28. The summed E-state index contributed by atoms with van der Waals surface area (Å²) in [6.07, 6.45) is 10.0. The summed E-state index contributed by atoms with van der Waals surface area (Å²) in [5.41, 5.74) is 4.64. The summed E-state index contributed by atoms with van der Waals surface area (Å²) in [6, 6.07) is 3.28. The van der Waals surface area contributed by atoms with Crippen molar-refractivity contribution in [2.45, 2.75) is 82.6 Å². The molecule has 0 fully saturated rings. The maximum absolute atomic E-state index is 11.1. The highest BCUT2D eigenvalue weighted by molar-refractivity contribution is 5.97. The second-order valence-corrected chi connectivity index (χ2v) is 7.62. The van der Waals surface area contributed by atoms with Crippen molar-refractivity contribution in [3.63, 3.8) is 0 Å². The van der Waals surface area contributed by atoms with Gasteiger partial charge in [-0.05, 0) is 78.7 Å². The number of rotatable bonds is 9. The van der Waals surface area contributed by atoms with Crippen LogP contribution in [-0.4, -0.2) is 28.6 Å². The Labute approximate surface area is 232 Å². The minimum absolute atomic E-state index is 0.0171. The summed E-state index contributed by atoms with van der Waals surface area (Å²) >= 11 is 0. The van der Waals surface area contributed by atoms with Gasteiger partial charge in [0.2, 0.25) is 0 Å². The fraction of sp³-hybridized carbons (Fsp3) is 0.394. The van der Waals surface area contributed by atoms with Crippen molar-refractivity contribution in [3.8, 4) is 11.5 Å². The zero-order valence-electron chi connectivity index (χ0n) is 25.7. The lowest BCUT2D eigenvalue weighted by molar-refractivity contribution is -0.132. The standard InChI is InChI=1S/C16H22O2.C11H14O3.2C2H6.C2H4/c1-6-7-15(11-14(5)16(17)18)10-13(4)9-8-12(2)3;1-4-14-10-6-5-9(8(3)12)11(13)7(10)2;3*1-2/h6-9,11H,1,10H2,2-5H3,(H,17,18);5-6,13H,4H2,1-3H3;2*1-2H3;1-2H2/b13-9+,14-11+,15-7-;;;;. The van der Waals surface area contributed by atoms with E-state index in [1.807, 2.05) is 61.5 Å². The number of ether oxygens (including phenoxy) is 1. The number of aromatic hydroxyl groups is 1. The molecule has 5 nitrogen and oxygen atoms in total. The van der Waals surface area contributed by atoms with Crippen molar-refractivity contribution in [1.82, 2.24) is 0 Å². The number of Topliss-reactive ketones (excluding diaryl/α,β-unsaturated/α-hetero) is 1.